The molecule has 0 aliphatic heterocycles. The van der Waals surface area contributed by atoms with Gasteiger partial charge in [0.05, 0.1) is 6.26 Å². The predicted octanol–water partition coefficient (Wildman–Crippen LogP) is 1.71. The summed E-state index contributed by atoms with van der Waals surface area (Å²) < 4.78 is 10.4. The van der Waals surface area contributed by atoms with E-state index >= 15 is 0 Å². The minimum absolute atomic E-state index is 0.0843. The molecule has 1 aromatic rings. The van der Waals surface area contributed by atoms with E-state index in [1.54, 1.807) is 6.26 Å². The lowest BCUT2D eigenvalue weighted by atomic mass is 10.4. The molecule has 84 valence electrons. The van der Waals surface area contributed by atoms with Gasteiger partial charge in [-0.1, -0.05) is 6.92 Å². The maximum Gasteiger partial charge on any atom is 0.219 e. The maximum absolute atomic E-state index is 10.9. The molecule has 0 aliphatic carbocycles. The number of ether oxygens (including phenoxy) is 1. The molecule has 0 saturated heterocycles. The van der Waals surface area contributed by atoms with Crippen LogP contribution in [0.1, 0.15) is 25.5 Å². The molecular formula is C11H17NO3. The van der Waals surface area contributed by atoms with Gasteiger partial charge in [0, 0.05) is 19.6 Å². The van der Waals surface area contributed by atoms with E-state index in [1.165, 1.54) is 0 Å². The minimum Gasteiger partial charge on any atom is -0.467 e. The summed E-state index contributed by atoms with van der Waals surface area (Å²) in [7, 11) is 0. The Hall–Kier alpha value is -1.29. The smallest absolute Gasteiger partial charge is 0.219 e. The van der Waals surface area contributed by atoms with Crippen LogP contribution in [-0.2, 0) is 16.1 Å². The molecule has 1 rings (SSSR count). The highest BCUT2D eigenvalue weighted by atomic mass is 16.5. The molecule has 4 nitrogen and oxygen atoms in total. The fourth-order valence-electron chi connectivity index (χ4n) is 1.09. The first-order chi connectivity index (χ1) is 7.33. The second-order valence-corrected chi connectivity index (χ2v) is 3.19. The van der Waals surface area contributed by atoms with Crippen molar-refractivity contribution in [2.75, 3.05) is 13.2 Å². The van der Waals surface area contributed by atoms with Gasteiger partial charge in [-0.25, -0.2) is 0 Å². The van der Waals surface area contributed by atoms with Crippen LogP contribution in [0.2, 0.25) is 0 Å². The van der Waals surface area contributed by atoms with Gasteiger partial charge >= 0.3 is 0 Å². The average Bonchev–Trinajstić information content (AvgIpc) is 2.75. The van der Waals surface area contributed by atoms with Crippen LogP contribution in [0.5, 0.6) is 0 Å². The zero-order valence-electron chi connectivity index (χ0n) is 8.99. The lowest BCUT2D eigenvalue weighted by Gasteiger charge is -2.03. The molecule has 1 amide bonds. The van der Waals surface area contributed by atoms with Gasteiger partial charge in [0.15, 0.2) is 0 Å². The molecule has 0 fully saturated rings. The van der Waals surface area contributed by atoms with Gasteiger partial charge in [0.25, 0.3) is 0 Å². The van der Waals surface area contributed by atoms with Crippen molar-refractivity contribution < 1.29 is 13.9 Å². The molecule has 0 spiro atoms. The summed E-state index contributed by atoms with van der Waals surface area (Å²) in [6.07, 6.45) is 2.99. The monoisotopic (exact) mass is 211 g/mol. The zero-order valence-corrected chi connectivity index (χ0v) is 8.99. The minimum atomic E-state index is 0.0843. The molecular weight excluding hydrogens is 194 g/mol. The Kier molecular flexibility index (Phi) is 5.55. The van der Waals surface area contributed by atoms with E-state index in [4.69, 9.17) is 9.15 Å². The number of furan rings is 1. The Morgan fingerprint density at radius 1 is 1.60 bits per heavy atom. The number of amides is 1. The molecule has 1 heterocycles. The normalized spacial score (nSPS) is 10.2. The van der Waals surface area contributed by atoms with Crippen molar-refractivity contribution in [1.29, 1.82) is 0 Å². The van der Waals surface area contributed by atoms with Gasteiger partial charge in [0.1, 0.15) is 12.4 Å². The van der Waals surface area contributed by atoms with Crippen molar-refractivity contribution in [1.82, 2.24) is 5.32 Å². The third-order valence-corrected chi connectivity index (χ3v) is 1.93. The molecule has 0 bridgehead atoms. The van der Waals surface area contributed by atoms with E-state index < -0.39 is 0 Å². The van der Waals surface area contributed by atoms with Crippen molar-refractivity contribution in [3.63, 3.8) is 0 Å². The first-order valence-corrected chi connectivity index (χ1v) is 5.19. The van der Waals surface area contributed by atoms with E-state index in [0.29, 0.717) is 26.2 Å². The Labute approximate surface area is 89.6 Å². The van der Waals surface area contributed by atoms with Crippen molar-refractivity contribution in [2.45, 2.75) is 26.4 Å². The summed E-state index contributed by atoms with van der Waals surface area (Å²) in [5.74, 6) is 0.911. The number of rotatable bonds is 7. The second kappa shape index (κ2) is 7.06. The summed E-state index contributed by atoms with van der Waals surface area (Å²) >= 11 is 0. The molecule has 0 aliphatic rings. The maximum atomic E-state index is 10.9. The summed E-state index contributed by atoms with van der Waals surface area (Å²) in [5.41, 5.74) is 0. The fourth-order valence-corrected chi connectivity index (χ4v) is 1.09. The number of hydrogen-bond acceptors (Lipinski definition) is 3. The van der Waals surface area contributed by atoms with Crippen LogP contribution in [0.25, 0.3) is 0 Å². The number of hydrogen-bond donors (Lipinski definition) is 1. The lowest BCUT2D eigenvalue weighted by Crippen LogP contribution is -2.24. The highest BCUT2D eigenvalue weighted by Crippen LogP contribution is 2.01. The standard InChI is InChI=1S/C11H17NO3/c1-2-11(13)12-6-4-7-14-9-10-5-3-8-15-10/h3,5,8H,2,4,6-7,9H2,1H3,(H,12,13). The molecule has 15 heavy (non-hydrogen) atoms. The van der Waals surface area contributed by atoms with E-state index in [0.717, 1.165) is 12.2 Å². The number of nitrogens with one attached hydrogen (secondary N) is 1. The number of carbonyl (C=O) groups excluding carboxylic acids is 1. The van der Waals surface area contributed by atoms with Gasteiger partial charge in [-0.05, 0) is 18.6 Å². The molecule has 1 N–H and O–H groups in total. The third-order valence-electron chi connectivity index (χ3n) is 1.93. The number of carbonyl (C=O) groups is 1. The Balaban J connectivity index is 1.91. The third kappa shape index (κ3) is 5.22. The molecule has 1 aromatic heterocycles. The summed E-state index contributed by atoms with van der Waals surface area (Å²) in [6, 6.07) is 3.71. The Morgan fingerprint density at radius 3 is 3.13 bits per heavy atom. The van der Waals surface area contributed by atoms with Crippen LogP contribution >= 0.6 is 0 Å². The largest absolute Gasteiger partial charge is 0.467 e. The quantitative estimate of drug-likeness (QED) is 0.698. The van der Waals surface area contributed by atoms with E-state index in [1.807, 2.05) is 19.1 Å². The van der Waals surface area contributed by atoms with Gasteiger partial charge in [0.2, 0.25) is 5.91 Å². The van der Waals surface area contributed by atoms with Crippen molar-refractivity contribution in [3.05, 3.63) is 24.2 Å². The van der Waals surface area contributed by atoms with Crippen molar-refractivity contribution in [3.8, 4) is 0 Å². The topological polar surface area (TPSA) is 51.5 Å². The predicted molar refractivity (Wildman–Crippen MR) is 56.3 cm³/mol. The summed E-state index contributed by atoms with van der Waals surface area (Å²) in [5, 5.41) is 2.78. The Bertz CT molecular complexity index is 269. The highest BCUT2D eigenvalue weighted by molar-refractivity contribution is 5.75. The van der Waals surface area contributed by atoms with Gasteiger partial charge < -0.3 is 14.5 Å². The Morgan fingerprint density at radius 2 is 2.47 bits per heavy atom. The van der Waals surface area contributed by atoms with E-state index in [-0.39, 0.29) is 5.91 Å². The van der Waals surface area contributed by atoms with Gasteiger partial charge in [-0.15, -0.1) is 0 Å². The van der Waals surface area contributed by atoms with Gasteiger partial charge in [-0.2, -0.15) is 0 Å². The average molecular weight is 211 g/mol. The molecule has 0 unspecified atom stereocenters. The first kappa shape index (κ1) is 11.8. The fraction of sp³-hybridized carbons (Fsp3) is 0.545. The van der Waals surface area contributed by atoms with Crippen LogP contribution in [0.3, 0.4) is 0 Å². The van der Waals surface area contributed by atoms with Gasteiger partial charge in [-0.3, -0.25) is 4.79 Å². The molecule has 0 atom stereocenters. The van der Waals surface area contributed by atoms with Crippen molar-refractivity contribution >= 4 is 5.91 Å². The first-order valence-electron chi connectivity index (χ1n) is 5.19. The molecule has 0 radical (unpaired) electrons. The summed E-state index contributed by atoms with van der Waals surface area (Å²) in [4.78, 5) is 10.9. The second-order valence-electron chi connectivity index (χ2n) is 3.19. The van der Waals surface area contributed by atoms with E-state index in [9.17, 15) is 4.79 Å². The van der Waals surface area contributed by atoms with E-state index in [2.05, 4.69) is 5.32 Å². The van der Waals surface area contributed by atoms with Crippen LogP contribution in [0, 0.1) is 0 Å². The molecule has 0 saturated carbocycles. The lowest BCUT2D eigenvalue weighted by molar-refractivity contribution is -0.120. The van der Waals surface area contributed by atoms with Crippen LogP contribution < -0.4 is 5.32 Å². The van der Waals surface area contributed by atoms with Crippen LogP contribution in [0.4, 0.5) is 0 Å². The van der Waals surface area contributed by atoms with Crippen LogP contribution in [-0.4, -0.2) is 19.1 Å². The summed E-state index contributed by atoms with van der Waals surface area (Å²) in [6.45, 7) is 3.63. The zero-order chi connectivity index (χ0) is 10.9. The highest BCUT2D eigenvalue weighted by Gasteiger charge is 1.97. The molecule has 0 aromatic carbocycles. The SMILES string of the molecule is CCC(=O)NCCCOCc1ccco1. The molecule has 4 heteroatoms. The van der Waals surface area contributed by atoms with Crippen LogP contribution in [0.15, 0.2) is 22.8 Å². The van der Waals surface area contributed by atoms with Crippen molar-refractivity contribution in [2.24, 2.45) is 0 Å².